The number of hydrogen-bond acceptors (Lipinski definition) is 5. The lowest BCUT2D eigenvalue weighted by atomic mass is 10.1. The number of nitrogens with one attached hydrogen (secondary N) is 2. The highest BCUT2D eigenvalue weighted by atomic mass is 79.9. The van der Waals surface area contributed by atoms with Crippen molar-refractivity contribution in [2.75, 3.05) is 13.2 Å². The molecule has 1 amide bonds. The van der Waals surface area contributed by atoms with Gasteiger partial charge in [-0.05, 0) is 71.4 Å². The maximum Gasteiger partial charge on any atom is 0.339 e. The fourth-order valence-electron chi connectivity index (χ4n) is 2.80. The molecule has 0 atom stereocenters. The first-order valence-corrected chi connectivity index (χ1v) is 11.8. The number of carbonyl (C=O) groups is 2. The monoisotopic (exact) mass is 494 g/mol. The van der Waals surface area contributed by atoms with E-state index in [1.165, 1.54) is 18.2 Å². The Morgan fingerprint density at radius 1 is 1.17 bits per heavy atom. The largest absolute Gasteiger partial charge is 0.452 e. The molecule has 0 heterocycles. The van der Waals surface area contributed by atoms with Crippen molar-refractivity contribution in [3.8, 4) is 0 Å². The number of hydrogen-bond donors (Lipinski definition) is 2. The zero-order valence-corrected chi connectivity index (χ0v) is 18.9. The Labute approximate surface area is 184 Å². The van der Waals surface area contributed by atoms with Gasteiger partial charge >= 0.3 is 5.97 Å². The molecule has 0 bridgehead atoms. The Morgan fingerprint density at radius 2 is 1.90 bits per heavy atom. The quantitative estimate of drug-likeness (QED) is 0.521. The Bertz CT molecular complexity index is 1050. The average Bonchev–Trinajstić information content (AvgIpc) is 3.51. The van der Waals surface area contributed by atoms with Crippen molar-refractivity contribution in [2.45, 2.75) is 37.1 Å². The highest BCUT2D eigenvalue weighted by Gasteiger charge is 2.28. The van der Waals surface area contributed by atoms with Gasteiger partial charge in [-0.2, -0.15) is 0 Å². The number of benzene rings is 2. The molecule has 2 aromatic carbocycles. The highest BCUT2D eigenvalue weighted by Crippen LogP contribution is 2.25. The molecular weight excluding hydrogens is 472 g/mol. The molecule has 3 rings (SSSR count). The van der Waals surface area contributed by atoms with E-state index in [4.69, 9.17) is 4.74 Å². The van der Waals surface area contributed by atoms with E-state index < -0.39 is 28.5 Å². The molecule has 9 heteroatoms. The predicted molar refractivity (Wildman–Crippen MR) is 116 cm³/mol. The van der Waals surface area contributed by atoms with Crippen molar-refractivity contribution in [3.63, 3.8) is 0 Å². The van der Waals surface area contributed by atoms with Crippen molar-refractivity contribution >= 4 is 37.8 Å². The molecule has 0 saturated heterocycles. The van der Waals surface area contributed by atoms with E-state index in [0.29, 0.717) is 17.4 Å². The van der Waals surface area contributed by atoms with Gasteiger partial charge < -0.3 is 10.1 Å². The van der Waals surface area contributed by atoms with Gasteiger partial charge in [0.25, 0.3) is 5.91 Å². The Kier molecular flexibility index (Phi) is 7.27. The minimum atomic E-state index is -3.70. The van der Waals surface area contributed by atoms with Gasteiger partial charge in [0.1, 0.15) is 0 Å². The van der Waals surface area contributed by atoms with Crippen LogP contribution in [0, 0.1) is 6.92 Å². The van der Waals surface area contributed by atoms with Crippen LogP contribution in [0.25, 0.3) is 0 Å². The van der Waals surface area contributed by atoms with Gasteiger partial charge in [0.15, 0.2) is 6.61 Å². The third-order valence-electron chi connectivity index (χ3n) is 4.68. The predicted octanol–water partition coefficient (Wildman–Crippen LogP) is 2.71. The van der Waals surface area contributed by atoms with E-state index in [2.05, 4.69) is 26.0 Å². The van der Waals surface area contributed by atoms with Gasteiger partial charge in [-0.15, -0.1) is 0 Å². The summed E-state index contributed by atoms with van der Waals surface area (Å²) in [7, 11) is -3.70. The third kappa shape index (κ3) is 6.13. The normalized spacial score (nSPS) is 13.7. The van der Waals surface area contributed by atoms with Gasteiger partial charge in [0, 0.05) is 17.1 Å². The number of ether oxygens (including phenoxy) is 1. The maximum absolute atomic E-state index is 12.4. The van der Waals surface area contributed by atoms with E-state index in [1.807, 2.05) is 31.2 Å². The van der Waals surface area contributed by atoms with Crippen LogP contribution in [-0.4, -0.2) is 39.5 Å². The van der Waals surface area contributed by atoms with E-state index in [-0.39, 0.29) is 16.5 Å². The molecule has 0 radical (unpaired) electrons. The standard InChI is InChI=1S/C21H23BrN2O5S/c1-14-4-2-3-5-15(14)10-11-23-20(25)13-29-21(26)18-12-17(8-9-19(18)22)30(27,28)24-16-6-7-16/h2-5,8-9,12,16,24H,6-7,10-11,13H2,1H3,(H,23,25). The van der Waals surface area contributed by atoms with Crippen molar-refractivity contribution in [2.24, 2.45) is 0 Å². The van der Waals surface area contributed by atoms with Crippen LogP contribution in [-0.2, 0) is 26.0 Å². The lowest BCUT2D eigenvalue weighted by Gasteiger charge is -2.10. The van der Waals surface area contributed by atoms with Gasteiger partial charge in [0.05, 0.1) is 10.5 Å². The molecule has 0 unspecified atom stereocenters. The first-order valence-electron chi connectivity index (χ1n) is 9.56. The van der Waals surface area contributed by atoms with Gasteiger partial charge in [-0.3, -0.25) is 4.79 Å². The molecule has 2 aromatic rings. The van der Waals surface area contributed by atoms with Crippen LogP contribution in [0.15, 0.2) is 51.8 Å². The molecule has 2 N–H and O–H groups in total. The molecule has 160 valence electrons. The lowest BCUT2D eigenvalue weighted by Crippen LogP contribution is -2.30. The van der Waals surface area contributed by atoms with Crippen molar-refractivity contribution in [3.05, 3.63) is 63.6 Å². The molecular formula is C21H23BrN2O5S. The minimum Gasteiger partial charge on any atom is -0.452 e. The van der Waals surface area contributed by atoms with Crippen molar-refractivity contribution in [1.29, 1.82) is 0 Å². The number of rotatable bonds is 9. The summed E-state index contributed by atoms with van der Waals surface area (Å²) in [5, 5.41) is 2.71. The first kappa shape index (κ1) is 22.5. The van der Waals surface area contributed by atoms with E-state index in [9.17, 15) is 18.0 Å². The Morgan fingerprint density at radius 3 is 2.60 bits per heavy atom. The number of carbonyl (C=O) groups excluding carboxylic acids is 2. The second-order valence-corrected chi connectivity index (χ2v) is 9.71. The summed E-state index contributed by atoms with van der Waals surface area (Å²) in [6.07, 6.45) is 2.29. The van der Waals surface area contributed by atoms with Crippen molar-refractivity contribution in [1.82, 2.24) is 10.0 Å². The number of halogens is 1. The minimum absolute atomic E-state index is 0.0211. The van der Waals surface area contributed by atoms with Crippen LogP contribution in [0.1, 0.15) is 34.3 Å². The molecule has 0 spiro atoms. The van der Waals surface area contributed by atoms with Crippen LogP contribution in [0.4, 0.5) is 0 Å². The Hall–Kier alpha value is -2.23. The highest BCUT2D eigenvalue weighted by molar-refractivity contribution is 9.10. The van der Waals surface area contributed by atoms with Crippen molar-refractivity contribution < 1.29 is 22.7 Å². The topological polar surface area (TPSA) is 102 Å². The van der Waals surface area contributed by atoms with Gasteiger partial charge in [-0.25, -0.2) is 17.9 Å². The fourth-order valence-corrected chi connectivity index (χ4v) is 4.54. The maximum atomic E-state index is 12.4. The second-order valence-electron chi connectivity index (χ2n) is 7.14. The molecule has 1 aliphatic rings. The number of sulfonamides is 1. The third-order valence-corrected chi connectivity index (χ3v) is 6.89. The summed E-state index contributed by atoms with van der Waals surface area (Å²) in [6, 6.07) is 12.0. The Balaban J connectivity index is 1.53. The van der Waals surface area contributed by atoms with Crippen LogP contribution >= 0.6 is 15.9 Å². The van der Waals surface area contributed by atoms with Gasteiger partial charge in [-0.1, -0.05) is 24.3 Å². The first-order chi connectivity index (χ1) is 14.3. The smallest absolute Gasteiger partial charge is 0.339 e. The summed E-state index contributed by atoms with van der Waals surface area (Å²) in [4.78, 5) is 24.3. The molecule has 1 aliphatic carbocycles. The summed E-state index contributed by atoms with van der Waals surface area (Å²) in [5.74, 6) is -1.20. The SMILES string of the molecule is Cc1ccccc1CCNC(=O)COC(=O)c1cc(S(=O)(=O)NC2CC2)ccc1Br. The number of amides is 1. The second kappa shape index (κ2) is 9.72. The van der Waals surface area contributed by atoms with Crippen LogP contribution in [0.5, 0.6) is 0 Å². The van der Waals surface area contributed by atoms with Gasteiger partial charge in [0.2, 0.25) is 10.0 Å². The number of esters is 1. The summed E-state index contributed by atoms with van der Waals surface area (Å²) >= 11 is 3.23. The van der Waals surface area contributed by atoms with Crippen LogP contribution in [0.3, 0.4) is 0 Å². The van der Waals surface area contributed by atoms with E-state index >= 15 is 0 Å². The zero-order valence-electron chi connectivity index (χ0n) is 16.5. The average molecular weight is 495 g/mol. The molecule has 30 heavy (non-hydrogen) atoms. The zero-order chi connectivity index (χ0) is 21.7. The summed E-state index contributed by atoms with van der Waals surface area (Å²) in [6.45, 7) is 1.98. The fraction of sp³-hybridized carbons (Fsp3) is 0.333. The molecule has 1 fully saturated rings. The molecule has 0 aromatic heterocycles. The van der Waals surface area contributed by atoms with E-state index in [1.54, 1.807) is 0 Å². The van der Waals surface area contributed by atoms with Crippen LogP contribution in [0.2, 0.25) is 0 Å². The van der Waals surface area contributed by atoms with Crippen LogP contribution < -0.4 is 10.0 Å². The van der Waals surface area contributed by atoms with E-state index in [0.717, 1.165) is 24.0 Å². The number of aryl methyl sites for hydroxylation is 1. The summed E-state index contributed by atoms with van der Waals surface area (Å²) in [5.41, 5.74) is 2.33. The lowest BCUT2D eigenvalue weighted by molar-refractivity contribution is -0.124. The molecule has 1 saturated carbocycles. The molecule has 0 aliphatic heterocycles. The molecule has 7 nitrogen and oxygen atoms in total. The summed E-state index contributed by atoms with van der Waals surface area (Å²) < 4.78 is 32.7.